The van der Waals surface area contributed by atoms with Crippen molar-refractivity contribution in [2.24, 2.45) is 5.10 Å². The maximum absolute atomic E-state index is 13.0. The van der Waals surface area contributed by atoms with Crippen molar-refractivity contribution >= 4 is 23.7 Å². The van der Waals surface area contributed by atoms with Gasteiger partial charge in [0.15, 0.2) is 0 Å². The van der Waals surface area contributed by atoms with Gasteiger partial charge in [0.2, 0.25) is 0 Å². The Labute approximate surface area is 159 Å². The van der Waals surface area contributed by atoms with Crippen molar-refractivity contribution < 1.29 is 14.3 Å². The number of carbonyl (C=O) groups excluding carboxylic acids is 1. The van der Waals surface area contributed by atoms with Crippen molar-refractivity contribution in [1.82, 2.24) is 15.2 Å². The zero-order valence-electron chi connectivity index (χ0n) is 14.4. The maximum Gasteiger partial charge on any atom is 0.271 e. The van der Waals surface area contributed by atoms with Gasteiger partial charge in [0, 0.05) is 5.56 Å². The summed E-state index contributed by atoms with van der Waals surface area (Å²) in [6.45, 7) is 2.15. The number of aromatic hydroxyl groups is 1. The van der Waals surface area contributed by atoms with E-state index in [0.717, 1.165) is 5.56 Å². The van der Waals surface area contributed by atoms with E-state index in [9.17, 15) is 14.3 Å². The standard InChI is InChI=1S/C19H16ClFN4O2/c1-12-17(10-22-23-19(27)14-3-2-4-16(26)9-14)18(20)25(24-12)11-13-5-7-15(21)8-6-13/h2-10,26H,11H2,1H3,(H,23,27)/b22-10-. The molecule has 3 aromatic rings. The summed E-state index contributed by atoms with van der Waals surface area (Å²) >= 11 is 6.35. The zero-order valence-corrected chi connectivity index (χ0v) is 15.1. The molecule has 1 amide bonds. The molecular weight excluding hydrogens is 371 g/mol. The minimum atomic E-state index is -0.463. The van der Waals surface area contributed by atoms with Gasteiger partial charge in [-0.2, -0.15) is 10.2 Å². The number of carbonyl (C=O) groups is 1. The zero-order chi connectivity index (χ0) is 19.4. The Kier molecular flexibility index (Phi) is 5.52. The van der Waals surface area contributed by atoms with Gasteiger partial charge in [0.05, 0.1) is 24.0 Å². The van der Waals surface area contributed by atoms with Crippen LogP contribution in [0.25, 0.3) is 0 Å². The second-order valence-corrected chi connectivity index (χ2v) is 6.18. The molecule has 0 fully saturated rings. The minimum absolute atomic E-state index is 0.00686. The molecule has 0 radical (unpaired) electrons. The number of aromatic nitrogens is 2. The van der Waals surface area contributed by atoms with Crippen LogP contribution < -0.4 is 5.43 Å². The fourth-order valence-corrected chi connectivity index (χ4v) is 2.73. The van der Waals surface area contributed by atoms with Crippen LogP contribution in [0.1, 0.15) is 27.2 Å². The number of hydrogen-bond donors (Lipinski definition) is 2. The van der Waals surface area contributed by atoms with E-state index >= 15 is 0 Å². The Morgan fingerprint density at radius 3 is 2.78 bits per heavy atom. The number of nitrogens with zero attached hydrogens (tertiary/aromatic N) is 3. The lowest BCUT2D eigenvalue weighted by atomic mass is 10.2. The van der Waals surface area contributed by atoms with E-state index in [-0.39, 0.29) is 17.1 Å². The molecule has 27 heavy (non-hydrogen) atoms. The largest absolute Gasteiger partial charge is 0.508 e. The maximum atomic E-state index is 13.0. The van der Waals surface area contributed by atoms with Gasteiger partial charge >= 0.3 is 0 Å². The molecule has 0 atom stereocenters. The van der Waals surface area contributed by atoms with Crippen LogP contribution in [0.3, 0.4) is 0 Å². The number of hydrogen-bond acceptors (Lipinski definition) is 4. The monoisotopic (exact) mass is 386 g/mol. The van der Waals surface area contributed by atoms with Crippen LogP contribution in [0.15, 0.2) is 53.6 Å². The molecule has 0 aliphatic carbocycles. The van der Waals surface area contributed by atoms with Crippen molar-refractivity contribution in [3.63, 3.8) is 0 Å². The lowest BCUT2D eigenvalue weighted by Gasteiger charge is -2.03. The molecule has 0 aliphatic heterocycles. The lowest BCUT2D eigenvalue weighted by molar-refractivity contribution is 0.0954. The average molecular weight is 387 g/mol. The molecule has 1 aromatic heterocycles. The molecule has 2 aromatic carbocycles. The highest BCUT2D eigenvalue weighted by Gasteiger charge is 2.12. The summed E-state index contributed by atoms with van der Waals surface area (Å²) in [6.07, 6.45) is 1.41. The number of phenolic OH excluding ortho intramolecular Hbond substituents is 1. The van der Waals surface area contributed by atoms with E-state index in [4.69, 9.17) is 11.6 Å². The molecule has 2 N–H and O–H groups in total. The molecule has 8 heteroatoms. The van der Waals surface area contributed by atoms with Gasteiger partial charge in [-0.1, -0.05) is 29.8 Å². The van der Waals surface area contributed by atoms with Crippen molar-refractivity contribution in [3.8, 4) is 5.75 Å². The summed E-state index contributed by atoms with van der Waals surface area (Å²) < 4.78 is 14.6. The first-order chi connectivity index (χ1) is 12.9. The first kappa shape index (κ1) is 18.6. The Morgan fingerprint density at radius 2 is 2.07 bits per heavy atom. The highest BCUT2D eigenvalue weighted by atomic mass is 35.5. The fraction of sp³-hybridized carbons (Fsp3) is 0.105. The summed E-state index contributed by atoms with van der Waals surface area (Å²) in [5.41, 5.74) is 4.71. The SMILES string of the molecule is Cc1nn(Cc2ccc(F)cc2)c(Cl)c1/C=N\NC(=O)c1cccc(O)c1. The van der Waals surface area contributed by atoms with Crippen LogP contribution >= 0.6 is 11.6 Å². The predicted molar refractivity (Wildman–Crippen MR) is 101 cm³/mol. The van der Waals surface area contributed by atoms with E-state index in [1.165, 1.54) is 30.5 Å². The molecule has 0 bridgehead atoms. The first-order valence-corrected chi connectivity index (χ1v) is 8.41. The van der Waals surface area contributed by atoms with Crippen molar-refractivity contribution in [1.29, 1.82) is 0 Å². The molecule has 138 valence electrons. The predicted octanol–water partition coefficient (Wildman–Crippen LogP) is 3.50. The van der Waals surface area contributed by atoms with Crippen molar-refractivity contribution in [3.05, 3.63) is 81.9 Å². The lowest BCUT2D eigenvalue weighted by Crippen LogP contribution is -2.17. The Hall–Kier alpha value is -3.19. The van der Waals surface area contributed by atoms with Gasteiger partial charge in [-0.3, -0.25) is 4.79 Å². The van der Waals surface area contributed by atoms with Crippen LogP contribution in [-0.2, 0) is 6.54 Å². The fourth-order valence-electron chi connectivity index (χ4n) is 2.45. The van der Waals surface area contributed by atoms with Crippen molar-refractivity contribution in [2.45, 2.75) is 13.5 Å². The number of amides is 1. The Balaban J connectivity index is 1.71. The second-order valence-electron chi connectivity index (χ2n) is 5.82. The van der Waals surface area contributed by atoms with Gasteiger partial charge in [-0.05, 0) is 42.8 Å². The molecule has 0 unspecified atom stereocenters. The second kappa shape index (κ2) is 8.01. The Bertz CT molecular complexity index is 999. The van der Waals surface area contributed by atoms with E-state index in [1.54, 1.807) is 35.9 Å². The summed E-state index contributed by atoms with van der Waals surface area (Å²) in [5.74, 6) is -0.779. The van der Waals surface area contributed by atoms with E-state index in [1.807, 2.05) is 0 Å². The highest BCUT2D eigenvalue weighted by Crippen LogP contribution is 2.19. The van der Waals surface area contributed by atoms with Crippen LogP contribution in [0.2, 0.25) is 5.15 Å². The number of aryl methyl sites for hydroxylation is 1. The first-order valence-electron chi connectivity index (χ1n) is 8.04. The highest BCUT2D eigenvalue weighted by molar-refractivity contribution is 6.32. The third kappa shape index (κ3) is 4.51. The number of phenols is 1. The van der Waals surface area contributed by atoms with E-state index < -0.39 is 5.91 Å². The number of hydrazone groups is 1. The minimum Gasteiger partial charge on any atom is -0.508 e. The van der Waals surface area contributed by atoms with Crippen molar-refractivity contribution in [2.75, 3.05) is 0 Å². The summed E-state index contributed by atoms with van der Waals surface area (Å²) in [6, 6.07) is 12.0. The Morgan fingerprint density at radius 1 is 1.33 bits per heavy atom. The molecule has 0 aliphatic rings. The van der Waals surface area contributed by atoms with Crippen LogP contribution in [0.5, 0.6) is 5.75 Å². The molecule has 0 saturated carbocycles. The number of halogens is 2. The molecule has 3 rings (SSSR count). The third-order valence-electron chi connectivity index (χ3n) is 3.82. The van der Waals surface area contributed by atoms with Gasteiger partial charge < -0.3 is 5.11 Å². The molecule has 1 heterocycles. The third-order valence-corrected chi connectivity index (χ3v) is 4.22. The smallest absolute Gasteiger partial charge is 0.271 e. The van der Waals surface area contributed by atoms with Gasteiger partial charge in [-0.15, -0.1) is 0 Å². The van der Waals surface area contributed by atoms with Crippen LogP contribution in [0, 0.1) is 12.7 Å². The summed E-state index contributed by atoms with van der Waals surface area (Å²) in [7, 11) is 0. The number of nitrogens with one attached hydrogen (secondary N) is 1. The molecule has 0 saturated heterocycles. The van der Waals surface area contributed by atoms with Crippen LogP contribution in [0.4, 0.5) is 4.39 Å². The summed E-state index contributed by atoms with van der Waals surface area (Å²) in [5, 5.41) is 18.0. The van der Waals surface area contributed by atoms with Gasteiger partial charge in [0.25, 0.3) is 5.91 Å². The number of rotatable bonds is 5. The summed E-state index contributed by atoms with van der Waals surface area (Å²) in [4.78, 5) is 12.0. The van der Waals surface area contributed by atoms with E-state index in [0.29, 0.717) is 23.0 Å². The average Bonchev–Trinajstić information content (AvgIpc) is 2.91. The number of benzene rings is 2. The molecule has 0 spiro atoms. The molecule has 6 nitrogen and oxygen atoms in total. The normalized spacial score (nSPS) is 11.1. The van der Waals surface area contributed by atoms with Gasteiger partial charge in [0.1, 0.15) is 16.7 Å². The topological polar surface area (TPSA) is 79.5 Å². The quantitative estimate of drug-likeness (QED) is 0.520. The molecular formula is C19H16ClFN4O2. The van der Waals surface area contributed by atoms with Gasteiger partial charge in [-0.25, -0.2) is 14.5 Å². The van der Waals surface area contributed by atoms with E-state index in [2.05, 4.69) is 15.6 Å². The van der Waals surface area contributed by atoms with Crippen LogP contribution in [-0.4, -0.2) is 27.0 Å².